The van der Waals surface area contributed by atoms with E-state index < -0.39 is 5.97 Å². The van der Waals surface area contributed by atoms with Crippen molar-refractivity contribution in [3.8, 4) is 0 Å². The number of likely N-dealkylation sites (N-methyl/N-ethyl adjacent to an activating group) is 1. The smallest absolute Gasteiger partial charge is 0.251 e. The number of quaternary nitrogens is 1. The van der Waals surface area contributed by atoms with E-state index in [1.54, 1.807) is 24.3 Å². The van der Waals surface area contributed by atoms with Crippen LogP contribution < -0.4 is 10.4 Å². The summed E-state index contributed by atoms with van der Waals surface area (Å²) < 4.78 is 0.844. The molecule has 1 rings (SSSR count). The summed E-state index contributed by atoms with van der Waals surface area (Å²) in [5.74, 6) is -1.08. The van der Waals surface area contributed by atoms with Crippen molar-refractivity contribution in [1.82, 2.24) is 5.32 Å². The van der Waals surface area contributed by atoms with E-state index in [0.717, 1.165) is 36.7 Å². The number of aliphatic carboxylic acids is 1. The number of hydrogen-bond acceptors (Lipinski definition) is 4. The number of benzene rings is 1. The van der Waals surface area contributed by atoms with E-state index in [9.17, 15) is 14.7 Å². The first kappa shape index (κ1) is 25.4. The predicted octanol–water partition coefficient (Wildman–Crippen LogP) is 1.85. The zero-order valence-corrected chi connectivity index (χ0v) is 17.4. The second-order valence-corrected chi connectivity index (χ2v) is 7.83. The van der Waals surface area contributed by atoms with Gasteiger partial charge in [0.1, 0.15) is 6.54 Å². The number of halogens is 1. The van der Waals surface area contributed by atoms with Crippen molar-refractivity contribution in [2.75, 3.05) is 40.8 Å². The molecule has 0 aliphatic carbocycles. The monoisotopic (exact) mass is 400 g/mol. The summed E-state index contributed by atoms with van der Waals surface area (Å²) in [6.45, 7) is 1.74. The van der Waals surface area contributed by atoms with E-state index in [1.165, 1.54) is 0 Å². The van der Waals surface area contributed by atoms with Crippen LogP contribution in [0.5, 0.6) is 0 Å². The number of aliphatic hydroxyl groups excluding tert-OH is 1. The van der Waals surface area contributed by atoms with Crippen LogP contribution in [-0.4, -0.2) is 62.3 Å². The van der Waals surface area contributed by atoms with Gasteiger partial charge in [0, 0.05) is 23.1 Å². The number of nitrogens with one attached hydrogen (secondary N) is 1. The van der Waals surface area contributed by atoms with Gasteiger partial charge in [-0.25, -0.2) is 0 Å². The lowest BCUT2D eigenvalue weighted by Crippen LogP contribution is -2.36. The van der Waals surface area contributed by atoms with Crippen molar-refractivity contribution in [1.29, 1.82) is 0 Å². The zero-order valence-electron chi connectivity index (χ0n) is 16.7. The van der Waals surface area contributed by atoms with Crippen molar-refractivity contribution >= 4 is 23.5 Å². The topological polar surface area (TPSA) is 89.5 Å². The lowest BCUT2D eigenvalue weighted by Gasteiger charge is -2.21. The van der Waals surface area contributed by atoms with E-state index >= 15 is 0 Å². The molecular formula is C20H33ClN2O4. The number of nitrogens with zero attached hydrogens (tertiary/aromatic N) is 1. The summed E-state index contributed by atoms with van der Waals surface area (Å²) in [6.07, 6.45) is 4.54. The highest BCUT2D eigenvalue weighted by Gasteiger charge is 2.04. The SMILES string of the molecule is C[N+](C)(C)CCO.O=C([O-])CCCCCCCNC(=O)c1ccc(Cl)cc1. The average Bonchev–Trinajstić information content (AvgIpc) is 2.57. The van der Waals surface area contributed by atoms with Gasteiger partial charge in [0.25, 0.3) is 5.91 Å². The van der Waals surface area contributed by atoms with Crippen LogP contribution in [0.25, 0.3) is 0 Å². The molecule has 0 aliphatic rings. The first-order valence-corrected chi connectivity index (χ1v) is 9.68. The minimum Gasteiger partial charge on any atom is -0.550 e. The Kier molecular flexibility index (Phi) is 13.6. The molecule has 27 heavy (non-hydrogen) atoms. The van der Waals surface area contributed by atoms with Gasteiger partial charge in [-0.05, 0) is 43.5 Å². The van der Waals surface area contributed by atoms with Crippen molar-refractivity contribution < 1.29 is 24.3 Å². The summed E-state index contributed by atoms with van der Waals surface area (Å²) in [5.41, 5.74) is 0.600. The zero-order chi connectivity index (χ0) is 20.7. The number of amides is 1. The maximum Gasteiger partial charge on any atom is 0.251 e. The molecule has 0 radical (unpaired) electrons. The molecule has 0 heterocycles. The van der Waals surface area contributed by atoms with Crippen LogP contribution >= 0.6 is 11.6 Å². The molecule has 0 spiro atoms. The molecular weight excluding hydrogens is 368 g/mol. The molecule has 0 atom stereocenters. The fourth-order valence-electron chi connectivity index (χ4n) is 2.13. The van der Waals surface area contributed by atoms with Crippen LogP contribution in [0.2, 0.25) is 5.02 Å². The average molecular weight is 401 g/mol. The number of aliphatic hydroxyl groups is 1. The van der Waals surface area contributed by atoms with Crippen LogP contribution in [0.15, 0.2) is 24.3 Å². The number of carbonyl (C=O) groups is 2. The summed E-state index contributed by atoms with van der Waals surface area (Å²) in [6, 6.07) is 6.76. The fraction of sp³-hybridized carbons (Fsp3) is 0.600. The minimum absolute atomic E-state index is 0.0985. The van der Waals surface area contributed by atoms with Gasteiger partial charge in [-0.2, -0.15) is 0 Å². The largest absolute Gasteiger partial charge is 0.550 e. The van der Waals surface area contributed by atoms with Gasteiger partial charge in [0.2, 0.25) is 0 Å². The Morgan fingerprint density at radius 1 is 1.04 bits per heavy atom. The summed E-state index contributed by atoms with van der Waals surface area (Å²) in [7, 11) is 6.16. The van der Waals surface area contributed by atoms with Crippen LogP contribution in [0.1, 0.15) is 48.9 Å². The van der Waals surface area contributed by atoms with Gasteiger partial charge in [0.15, 0.2) is 0 Å². The molecule has 0 fully saturated rings. The second kappa shape index (κ2) is 14.4. The molecule has 0 saturated heterocycles. The molecule has 0 aliphatic heterocycles. The lowest BCUT2D eigenvalue weighted by molar-refractivity contribution is -0.870. The third kappa shape index (κ3) is 16.3. The van der Waals surface area contributed by atoms with Crippen LogP contribution in [0, 0.1) is 0 Å². The number of unbranched alkanes of at least 4 members (excludes halogenated alkanes) is 4. The van der Waals surface area contributed by atoms with E-state index in [2.05, 4.69) is 26.5 Å². The Morgan fingerprint density at radius 2 is 1.59 bits per heavy atom. The van der Waals surface area contributed by atoms with Crippen molar-refractivity contribution in [2.24, 2.45) is 0 Å². The molecule has 1 aromatic rings. The minimum atomic E-state index is -0.986. The molecule has 154 valence electrons. The van der Waals surface area contributed by atoms with E-state index in [0.29, 0.717) is 23.6 Å². The number of hydrogen-bond donors (Lipinski definition) is 2. The van der Waals surface area contributed by atoms with Gasteiger partial charge in [-0.3, -0.25) is 4.79 Å². The Balaban J connectivity index is 0.000000821. The van der Waals surface area contributed by atoms with Gasteiger partial charge < -0.3 is 24.8 Å². The number of carboxylic acid groups (broad SMARTS) is 1. The molecule has 0 bridgehead atoms. The van der Waals surface area contributed by atoms with Gasteiger partial charge >= 0.3 is 0 Å². The third-order valence-corrected chi connectivity index (χ3v) is 3.97. The standard InChI is InChI=1S/C15H20ClNO3.C5H14NO/c16-13-9-7-12(8-10-13)15(20)17-11-5-3-1-2-4-6-14(18)19;1-6(2,3)4-5-7/h7-10H,1-6,11H2,(H,17,20)(H,18,19);7H,4-5H2,1-3H3/q;+1/p-1. The van der Waals surface area contributed by atoms with E-state index in [1.807, 2.05) is 0 Å². The van der Waals surface area contributed by atoms with E-state index in [4.69, 9.17) is 16.7 Å². The maximum absolute atomic E-state index is 11.7. The Hall–Kier alpha value is -1.63. The van der Waals surface area contributed by atoms with Crippen molar-refractivity contribution in [3.05, 3.63) is 34.9 Å². The molecule has 1 aromatic carbocycles. The number of carboxylic acids is 1. The Bertz CT molecular complexity index is 542. The maximum atomic E-state index is 11.7. The van der Waals surface area contributed by atoms with Gasteiger partial charge in [-0.1, -0.05) is 30.9 Å². The van der Waals surface area contributed by atoms with Gasteiger partial charge in [0.05, 0.1) is 27.7 Å². The third-order valence-electron chi connectivity index (χ3n) is 3.72. The summed E-state index contributed by atoms with van der Waals surface area (Å²) in [4.78, 5) is 21.9. The molecule has 0 aromatic heterocycles. The summed E-state index contributed by atoms with van der Waals surface area (Å²) in [5, 5.41) is 22.0. The Morgan fingerprint density at radius 3 is 2.07 bits per heavy atom. The molecule has 1 amide bonds. The highest BCUT2D eigenvalue weighted by atomic mass is 35.5. The number of carbonyl (C=O) groups excluding carboxylic acids is 2. The highest BCUT2D eigenvalue weighted by Crippen LogP contribution is 2.09. The van der Waals surface area contributed by atoms with Crippen LogP contribution in [0.3, 0.4) is 0 Å². The molecule has 0 unspecified atom stereocenters. The summed E-state index contributed by atoms with van der Waals surface area (Å²) >= 11 is 5.75. The number of rotatable bonds is 11. The van der Waals surface area contributed by atoms with Crippen LogP contribution in [-0.2, 0) is 4.79 Å². The molecule has 7 heteroatoms. The normalized spacial score (nSPS) is 10.7. The predicted molar refractivity (Wildman–Crippen MR) is 106 cm³/mol. The van der Waals surface area contributed by atoms with Crippen molar-refractivity contribution in [2.45, 2.75) is 38.5 Å². The molecule has 0 saturated carbocycles. The first-order valence-electron chi connectivity index (χ1n) is 9.30. The fourth-order valence-corrected chi connectivity index (χ4v) is 2.26. The highest BCUT2D eigenvalue weighted by molar-refractivity contribution is 6.30. The molecule has 2 N–H and O–H groups in total. The van der Waals surface area contributed by atoms with E-state index in [-0.39, 0.29) is 18.9 Å². The van der Waals surface area contributed by atoms with Gasteiger partial charge in [-0.15, -0.1) is 0 Å². The Labute approximate surface area is 167 Å². The second-order valence-electron chi connectivity index (χ2n) is 7.39. The molecule has 6 nitrogen and oxygen atoms in total. The quantitative estimate of drug-likeness (QED) is 0.438. The van der Waals surface area contributed by atoms with Crippen molar-refractivity contribution in [3.63, 3.8) is 0 Å². The van der Waals surface area contributed by atoms with Crippen LogP contribution in [0.4, 0.5) is 0 Å². The lowest BCUT2D eigenvalue weighted by atomic mass is 10.1. The first-order chi connectivity index (χ1) is 12.7.